The van der Waals surface area contributed by atoms with Gasteiger partial charge in [-0.2, -0.15) is 0 Å². The second-order valence-corrected chi connectivity index (χ2v) is 4.82. The zero-order valence-corrected chi connectivity index (χ0v) is 10.8. The van der Waals surface area contributed by atoms with E-state index in [0.29, 0.717) is 24.0 Å². The number of rotatable bonds is 6. The number of halogens is 1. The molecule has 0 aromatic heterocycles. The Labute approximate surface area is 106 Å². The molecule has 0 fully saturated rings. The minimum Gasteiger partial charge on any atom is -0.479 e. The maximum atomic E-state index is 11.0. The van der Waals surface area contributed by atoms with Gasteiger partial charge in [-0.05, 0) is 23.6 Å². The van der Waals surface area contributed by atoms with E-state index < -0.39 is 12.1 Å². The summed E-state index contributed by atoms with van der Waals surface area (Å²) in [5.41, 5.74) is 0.908. The highest BCUT2D eigenvalue weighted by Crippen LogP contribution is 2.13. The number of benzene rings is 1. The SMILES string of the molecule is CC(C)CO[C@H](Cc1ccc(Cl)cc1)C(=O)O. The van der Waals surface area contributed by atoms with Gasteiger partial charge in [0, 0.05) is 11.4 Å². The molecule has 0 aliphatic carbocycles. The van der Waals surface area contributed by atoms with Crippen LogP contribution in [0.1, 0.15) is 19.4 Å². The van der Waals surface area contributed by atoms with Gasteiger partial charge >= 0.3 is 5.97 Å². The summed E-state index contributed by atoms with van der Waals surface area (Å²) in [6.45, 7) is 4.42. The van der Waals surface area contributed by atoms with Gasteiger partial charge in [0.2, 0.25) is 0 Å². The maximum absolute atomic E-state index is 11.0. The van der Waals surface area contributed by atoms with E-state index >= 15 is 0 Å². The zero-order valence-electron chi connectivity index (χ0n) is 10.0. The van der Waals surface area contributed by atoms with Crippen LogP contribution in [-0.2, 0) is 16.0 Å². The van der Waals surface area contributed by atoms with Crippen LogP contribution in [0.15, 0.2) is 24.3 Å². The molecule has 1 N–H and O–H groups in total. The first-order chi connectivity index (χ1) is 7.99. The molecule has 4 heteroatoms. The normalized spacial score (nSPS) is 12.7. The molecule has 0 heterocycles. The number of carboxylic acid groups (broad SMARTS) is 1. The Kier molecular flexibility index (Phi) is 5.45. The first-order valence-corrected chi connectivity index (χ1v) is 5.95. The Balaban J connectivity index is 2.60. The molecule has 1 rings (SSSR count). The van der Waals surface area contributed by atoms with Crippen molar-refractivity contribution in [2.75, 3.05) is 6.61 Å². The summed E-state index contributed by atoms with van der Waals surface area (Å²) in [6, 6.07) is 7.13. The molecule has 0 radical (unpaired) electrons. The van der Waals surface area contributed by atoms with E-state index in [4.69, 9.17) is 21.4 Å². The lowest BCUT2D eigenvalue weighted by Crippen LogP contribution is -2.27. The predicted octanol–water partition coefficient (Wildman–Crippen LogP) is 3.01. The Bertz CT molecular complexity index is 359. The molecule has 0 spiro atoms. The fraction of sp³-hybridized carbons (Fsp3) is 0.462. The summed E-state index contributed by atoms with van der Waals surface area (Å²) in [5, 5.41) is 9.69. The molecule has 0 unspecified atom stereocenters. The van der Waals surface area contributed by atoms with Crippen molar-refractivity contribution in [2.45, 2.75) is 26.4 Å². The highest BCUT2D eigenvalue weighted by atomic mass is 35.5. The highest BCUT2D eigenvalue weighted by molar-refractivity contribution is 6.30. The third-order valence-electron chi connectivity index (χ3n) is 2.24. The van der Waals surface area contributed by atoms with Gasteiger partial charge < -0.3 is 9.84 Å². The van der Waals surface area contributed by atoms with Gasteiger partial charge in [0.25, 0.3) is 0 Å². The fourth-order valence-corrected chi connectivity index (χ4v) is 1.49. The van der Waals surface area contributed by atoms with Crippen LogP contribution in [0.25, 0.3) is 0 Å². The smallest absolute Gasteiger partial charge is 0.333 e. The van der Waals surface area contributed by atoms with E-state index in [0.717, 1.165) is 5.56 Å². The van der Waals surface area contributed by atoms with Crippen LogP contribution < -0.4 is 0 Å². The van der Waals surface area contributed by atoms with Crippen LogP contribution in [0, 0.1) is 5.92 Å². The molecule has 0 amide bonds. The lowest BCUT2D eigenvalue weighted by Gasteiger charge is -2.15. The minimum atomic E-state index is -0.930. The Morgan fingerprint density at radius 3 is 2.41 bits per heavy atom. The number of aliphatic carboxylic acids is 1. The second kappa shape index (κ2) is 6.62. The van der Waals surface area contributed by atoms with Gasteiger partial charge in [0.15, 0.2) is 6.10 Å². The van der Waals surface area contributed by atoms with Crippen LogP contribution in [0.2, 0.25) is 5.02 Å². The Hall–Kier alpha value is -1.06. The monoisotopic (exact) mass is 256 g/mol. The standard InChI is InChI=1S/C13H17ClO3/c1-9(2)8-17-12(13(15)16)7-10-3-5-11(14)6-4-10/h3-6,9,12H,7-8H2,1-2H3,(H,15,16)/t12-/m1/s1. The van der Waals surface area contributed by atoms with Crippen LogP contribution in [0.4, 0.5) is 0 Å². The number of hydrogen-bond acceptors (Lipinski definition) is 2. The summed E-state index contributed by atoms with van der Waals surface area (Å²) in [7, 11) is 0. The fourth-order valence-electron chi connectivity index (χ4n) is 1.36. The van der Waals surface area contributed by atoms with E-state index in [2.05, 4.69) is 0 Å². The van der Waals surface area contributed by atoms with Gasteiger partial charge in [-0.1, -0.05) is 37.6 Å². The molecular weight excluding hydrogens is 240 g/mol. The number of ether oxygens (including phenoxy) is 1. The molecule has 1 aromatic carbocycles. The Morgan fingerprint density at radius 1 is 1.35 bits per heavy atom. The molecule has 3 nitrogen and oxygen atoms in total. The van der Waals surface area contributed by atoms with Crippen molar-refractivity contribution < 1.29 is 14.6 Å². The molecule has 0 bridgehead atoms. The van der Waals surface area contributed by atoms with Crippen molar-refractivity contribution >= 4 is 17.6 Å². The molecule has 0 saturated carbocycles. The highest BCUT2D eigenvalue weighted by Gasteiger charge is 2.18. The molecule has 1 aromatic rings. The molecule has 0 aliphatic rings. The summed E-state index contributed by atoms with van der Waals surface area (Å²) >= 11 is 5.77. The predicted molar refractivity (Wildman–Crippen MR) is 67.4 cm³/mol. The van der Waals surface area contributed by atoms with Crippen molar-refractivity contribution in [3.63, 3.8) is 0 Å². The van der Waals surface area contributed by atoms with Gasteiger partial charge in [0.1, 0.15) is 0 Å². The average Bonchev–Trinajstić information content (AvgIpc) is 2.26. The number of carboxylic acids is 1. The van der Waals surface area contributed by atoms with Crippen LogP contribution in [0.5, 0.6) is 0 Å². The van der Waals surface area contributed by atoms with E-state index in [1.54, 1.807) is 12.1 Å². The number of hydrogen-bond donors (Lipinski definition) is 1. The van der Waals surface area contributed by atoms with Gasteiger partial charge in [0.05, 0.1) is 6.61 Å². The molecular formula is C13H17ClO3. The summed E-state index contributed by atoms with van der Waals surface area (Å²) in [6.07, 6.45) is -0.433. The van der Waals surface area contributed by atoms with Gasteiger partial charge in [-0.25, -0.2) is 4.79 Å². The molecule has 0 aliphatic heterocycles. The van der Waals surface area contributed by atoms with Crippen molar-refractivity contribution in [3.05, 3.63) is 34.9 Å². The third kappa shape index (κ3) is 5.20. The van der Waals surface area contributed by atoms with Crippen molar-refractivity contribution in [2.24, 2.45) is 5.92 Å². The van der Waals surface area contributed by atoms with Crippen molar-refractivity contribution in [3.8, 4) is 0 Å². The molecule has 1 atom stereocenters. The van der Waals surface area contributed by atoms with E-state index in [-0.39, 0.29) is 0 Å². The second-order valence-electron chi connectivity index (χ2n) is 4.38. The lowest BCUT2D eigenvalue weighted by molar-refractivity contribution is -0.150. The zero-order chi connectivity index (χ0) is 12.8. The molecule has 94 valence electrons. The lowest BCUT2D eigenvalue weighted by atomic mass is 10.1. The van der Waals surface area contributed by atoms with Crippen LogP contribution in [0.3, 0.4) is 0 Å². The molecule has 0 saturated heterocycles. The van der Waals surface area contributed by atoms with Crippen LogP contribution in [-0.4, -0.2) is 23.8 Å². The number of carbonyl (C=O) groups is 1. The van der Waals surface area contributed by atoms with Crippen LogP contribution >= 0.6 is 11.6 Å². The van der Waals surface area contributed by atoms with Crippen molar-refractivity contribution in [1.82, 2.24) is 0 Å². The first kappa shape index (κ1) is 14.0. The van der Waals surface area contributed by atoms with Gasteiger partial charge in [-0.3, -0.25) is 0 Å². The Morgan fingerprint density at radius 2 is 1.94 bits per heavy atom. The molecule has 17 heavy (non-hydrogen) atoms. The average molecular weight is 257 g/mol. The third-order valence-corrected chi connectivity index (χ3v) is 2.49. The topological polar surface area (TPSA) is 46.5 Å². The van der Waals surface area contributed by atoms with E-state index in [9.17, 15) is 4.79 Å². The van der Waals surface area contributed by atoms with Crippen molar-refractivity contribution in [1.29, 1.82) is 0 Å². The summed E-state index contributed by atoms with van der Waals surface area (Å²) in [5.74, 6) is -0.609. The van der Waals surface area contributed by atoms with E-state index in [1.807, 2.05) is 26.0 Å². The van der Waals surface area contributed by atoms with E-state index in [1.165, 1.54) is 0 Å². The summed E-state index contributed by atoms with van der Waals surface area (Å²) in [4.78, 5) is 11.0. The van der Waals surface area contributed by atoms with Gasteiger partial charge in [-0.15, -0.1) is 0 Å². The maximum Gasteiger partial charge on any atom is 0.333 e. The first-order valence-electron chi connectivity index (χ1n) is 5.58. The summed E-state index contributed by atoms with van der Waals surface area (Å²) < 4.78 is 5.37. The minimum absolute atomic E-state index is 0.321. The quantitative estimate of drug-likeness (QED) is 0.851. The largest absolute Gasteiger partial charge is 0.479 e.